The summed E-state index contributed by atoms with van der Waals surface area (Å²) in [6.45, 7) is 5.15. The Morgan fingerprint density at radius 1 is 0.971 bits per heavy atom. The summed E-state index contributed by atoms with van der Waals surface area (Å²) in [6.07, 6.45) is 0.135. The van der Waals surface area contributed by atoms with Gasteiger partial charge in [-0.15, -0.1) is 0 Å². The van der Waals surface area contributed by atoms with E-state index < -0.39 is 5.97 Å². The highest BCUT2D eigenvalue weighted by Gasteiger charge is 2.21. The largest absolute Gasteiger partial charge is 0.497 e. The van der Waals surface area contributed by atoms with E-state index in [-0.39, 0.29) is 23.6 Å². The number of aromatic carboxylic acids is 1. The molecule has 0 radical (unpaired) electrons. The van der Waals surface area contributed by atoms with Crippen molar-refractivity contribution in [1.82, 2.24) is 0 Å². The highest BCUT2D eigenvalue weighted by Crippen LogP contribution is 2.28. The van der Waals surface area contributed by atoms with Crippen LogP contribution in [0.15, 0.2) is 60.7 Å². The zero-order valence-corrected chi connectivity index (χ0v) is 20.5. The molecule has 3 aromatic rings. The van der Waals surface area contributed by atoms with Crippen LogP contribution < -0.4 is 19.9 Å². The van der Waals surface area contributed by atoms with Crippen molar-refractivity contribution in [1.29, 1.82) is 0 Å². The van der Waals surface area contributed by atoms with Crippen LogP contribution >= 0.6 is 11.6 Å². The van der Waals surface area contributed by atoms with E-state index in [1.54, 1.807) is 31.4 Å². The van der Waals surface area contributed by atoms with Crippen molar-refractivity contribution in [2.75, 3.05) is 48.4 Å². The zero-order valence-electron chi connectivity index (χ0n) is 19.8. The molecule has 7 nitrogen and oxygen atoms in total. The average molecular weight is 494 g/mol. The molecule has 0 bridgehead atoms. The molecule has 8 heteroatoms. The maximum Gasteiger partial charge on any atom is 0.337 e. The van der Waals surface area contributed by atoms with Gasteiger partial charge < -0.3 is 25.0 Å². The topological polar surface area (TPSA) is 82.1 Å². The number of hydrogen-bond donors (Lipinski definition) is 2. The standard InChI is InChI=1S/C27H28ClN3O4/c1-18-3-6-20(28)16-25(18)31-13-11-30(12-14-31)21-7-10-24(23(17-21)27(33)34)29-26(32)15-19-4-8-22(35-2)9-5-19/h3-10,16-17H,11-15H2,1-2H3,(H,29,32)(H,33,34). The molecule has 1 amide bonds. The number of piperazine rings is 1. The third kappa shape index (κ3) is 5.87. The minimum atomic E-state index is -1.08. The Hall–Kier alpha value is -3.71. The maximum absolute atomic E-state index is 12.6. The summed E-state index contributed by atoms with van der Waals surface area (Å²) < 4.78 is 5.13. The fourth-order valence-electron chi connectivity index (χ4n) is 4.27. The van der Waals surface area contributed by atoms with Crippen molar-refractivity contribution >= 4 is 40.5 Å². The van der Waals surface area contributed by atoms with Gasteiger partial charge in [-0.1, -0.05) is 29.8 Å². The van der Waals surface area contributed by atoms with Crippen molar-refractivity contribution in [3.8, 4) is 5.75 Å². The Morgan fingerprint density at radius 2 is 1.66 bits per heavy atom. The molecule has 35 heavy (non-hydrogen) atoms. The molecule has 4 rings (SSSR count). The molecular weight excluding hydrogens is 466 g/mol. The number of amides is 1. The number of hydrogen-bond acceptors (Lipinski definition) is 5. The normalized spacial score (nSPS) is 13.5. The van der Waals surface area contributed by atoms with E-state index in [1.165, 1.54) is 5.56 Å². The van der Waals surface area contributed by atoms with Gasteiger partial charge in [-0.05, 0) is 60.5 Å². The SMILES string of the molecule is COc1ccc(CC(=O)Nc2ccc(N3CCN(c4cc(Cl)ccc4C)CC3)cc2C(=O)O)cc1. The van der Waals surface area contributed by atoms with Crippen molar-refractivity contribution in [2.45, 2.75) is 13.3 Å². The lowest BCUT2D eigenvalue weighted by atomic mass is 10.1. The average Bonchev–Trinajstić information content (AvgIpc) is 2.86. The molecule has 1 aliphatic rings. The summed E-state index contributed by atoms with van der Waals surface area (Å²) >= 11 is 6.19. The Labute approximate surface area is 209 Å². The molecule has 1 saturated heterocycles. The van der Waals surface area contributed by atoms with E-state index in [4.69, 9.17) is 16.3 Å². The molecule has 0 unspecified atom stereocenters. The number of carbonyl (C=O) groups is 2. The monoisotopic (exact) mass is 493 g/mol. The van der Waals surface area contributed by atoms with Crippen LogP contribution in [0.4, 0.5) is 17.1 Å². The second kappa shape index (κ2) is 10.7. The van der Waals surface area contributed by atoms with E-state index in [0.29, 0.717) is 10.8 Å². The van der Waals surface area contributed by atoms with Crippen LogP contribution in [0.3, 0.4) is 0 Å². The number of carbonyl (C=O) groups excluding carboxylic acids is 1. The molecule has 1 heterocycles. The van der Waals surface area contributed by atoms with E-state index >= 15 is 0 Å². The lowest BCUT2D eigenvalue weighted by Gasteiger charge is -2.38. The van der Waals surface area contributed by atoms with Crippen LogP contribution in [0.5, 0.6) is 5.75 Å². The van der Waals surface area contributed by atoms with Gasteiger partial charge in [0, 0.05) is 42.6 Å². The van der Waals surface area contributed by atoms with Crippen molar-refractivity contribution in [2.24, 2.45) is 0 Å². The Balaban J connectivity index is 1.43. The number of rotatable bonds is 7. The molecule has 1 aliphatic heterocycles. The maximum atomic E-state index is 12.6. The first-order chi connectivity index (χ1) is 16.8. The number of halogens is 1. The van der Waals surface area contributed by atoms with Crippen LogP contribution in [0.1, 0.15) is 21.5 Å². The number of carboxylic acids is 1. The number of nitrogens with one attached hydrogen (secondary N) is 1. The molecule has 1 fully saturated rings. The Bertz CT molecular complexity index is 1220. The van der Waals surface area contributed by atoms with Gasteiger partial charge in [0.05, 0.1) is 24.8 Å². The van der Waals surface area contributed by atoms with Gasteiger partial charge in [-0.2, -0.15) is 0 Å². The molecule has 2 N–H and O–H groups in total. The third-order valence-electron chi connectivity index (χ3n) is 6.19. The Kier molecular flexibility index (Phi) is 7.46. The van der Waals surface area contributed by atoms with Crippen LogP contribution in [-0.2, 0) is 11.2 Å². The Morgan fingerprint density at radius 3 is 2.31 bits per heavy atom. The van der Waals surface area contributed by atoms with Crippen LogP contribution in [0.25, 0.3) is 0 Å². The second-order valence-corrected chi connectivity index (χ2v) is 8.95. The zero-order chi connectivity index (χ0) is 24.9. The van der Waals surface area contributed by atoms with Gasteiger partial charge in [-0.3, -0.25) is 4.79 Å². The number of aryl methyl sites for hydroxylation is 1. The highest BCUT2D eigenvalue weighted by molar-refractivity contribution is 6.30. The van der Waals surface area contributed by atoms with Gasteiger partial charge in [0.25, 0.3) is 0 Å². The predicted molar refractivity (Wildman–Crippen MR) is 139 cm³/mol. The summed E-state index contributed by atoms with van der Waals surface area (Å²) in [7, 11) is 1.58. The number of ether oxygens (including phenoxy) is 1. The molecule has 0 saturated carbocycles. The van der Waals surface area contributed by atoms with Crippen LogP contribution in [0, 0.1) is 6.92 Å². The van der Waals surface area contributed by atoms with Gasteiger partial charge in [0.15, 0.2) is 0 Å². The van der Waals surface area contributed by atoms with E-state index in [2.05, 4.69) is 22.0 Å². The number of anilines is 3. The fraction of sp³-hybridized carbons (Fsp3) is 0.259. The van der Waals surface area contributed by atoms with Gasteiger partial charge in [0.1, 0.15) is 5.75 Å². The molecule has 0 spiro atoms. The summed E-state index contributed by atoms with van der Waals surface area (Å²) in [5, 5.41) is 13.3. The van der Waals surface area contributed by atoms with Gasteiger partial charge in [-0.25, -0.2) is 4.79 Å². The fourth-order valence-corrected chi connectivity index (χ4v) is 4.43. The number of methoxy groups -OCH3 is 1. The quantitative estimate of drug-likeness (QED) is 0.489. The predicted octanol–water partition coefficient (Wildman–Crippen LogP) is 4.86. The van der Waals surface area contributed by atoms with E-state index in [1.807, 2.05) is 36.4 Å². The number of benzene rings is 3. The van der Waals surface area contributed by atoms with Crippen molar-refractivity contribution < 1.29 is 19.4 Å². The lowest BCUT2D eigenvalue weighted by molar-refractivity contribution is -0.115. The summed E-state index contributed by atoms with van der Waals surface area (Å²) in [5.74, 6) is -0.655. The smallest absolute Gasteiger partial charge is 0.337 e. The van der Waals surface area contributed by atoms with E-state index in [0.717, 1.165) is 43.1 Å². The van der Waals surface area contributed by atoms with Crippen LogP contribution in [-0.4, -0.2) is 50.3 Å². The van der Waals surface area contributed by atoms with Crippen molar-refractivity contribution in [3.05, 3.63) is 82.4 Å². The first kappa shape index (κ1) is 24.4. The molecule has 0 aliphatic carbocycles. The summed E-state index contributed by atoms with van der Waals surface area (Å²) in [6, 6.07) is 18.2. The van der Waals surface area contributed by atoms with Crippen LogP contribution in [0.2, 0.25) is 5.02 Å². The molecule has 182 valence electrons. The first-order valence-electron chi connectivity index (χ1n) is 11.4. The summed E-state index contributed by atoms with van der Waals surface area (Å²) in [4.78, 5) is 29.0. The minimum Gasteiger partial charge on any atom is -0.497 e. The minimum absolute atomic E-state index is 0.0682. The lowest BCUT2D eigenvalue weighted by Crippen LogP contribution is -2.46. The number of carboxylic acid groups (broad SMARTS) is 1. The molecule has 3 aromatic carbocycles. The van der Waals surface area contributed by atoms with Crippen molar-refractivity contribution in [3.63, 3.8) is 0 Å². The molecule has 0 atom stereocenters. The van der Waals surface area contributed by atoms with Gasteiger partial charge in [0.2, 0.25) is 5.91 Å². The van der Waals surface area contributed by atoms with E-state index in [9.17, 15) is 14.7 Å². The third-order valence-corrected chi connectivity index (χ3v) is 6.42. The number of nitrogens with zero attached hydrogens (tertiary/aromatic N) is 2. The molecule has 0 aromatic heterocycles. The highest BCUT2D eigenvalue weighted by atomic mass is 35.5. The first-order valence-corrected chi connectivity index (χ1v) is 11.8. The second-order valence-electron chi connectivity index (χ2n) is 8.51. The summed E-state index contributed by atoms with van der Waals surface area (Å²) in [5.41, 5.74) is 4.28. The molecular formula is C27H28ClN3O4. The van der Waals surface area contributed by atoms with Gasteiger partial charge >= 0.3 is 5.97 Å².